The third kappa shape index (κ3) is 3.39. The maximum Gasteiger partial charge on any atom is 0.255 e. The Morgan fingerprint density at radius 2 is 2.00 bits per heavy atom. The van der Waals surface area contributed by atoms with Gasteiger partial charge in [-0.15, -0.1) is 11.3 Å². The molecule has 0 fully saturated rings. The molecule has 0 bridgehead atoms. The van der Waals surface area contributed by atoms with E-state index in [2.05, 4.69) is 16.4 Å². The Labute approximate surface area is 178 Å². The maximum absolute atomic E-state index is 13.0. The zero-order chi connectivity index (χ0) is 20.5. The van der Waals surface area contributed by atoms with Gasteiger partial charge < -0.3 is 15.2 Å². The number of nitrogens with one attached hydrogen (secondary N) is 2. The summed E-state index contributed by atoms with van der Waals surface area (Å²) < 4.78 is 0. The number of nitrogens with zero attached hydrogens (tertiary/aromatic N) is 1. The summed E-state index contributed by atoms with van der Waals surface area (Å²) in [6.45, 7) is 1.63. The van der Waals surface area contributed by atoms with E-state index in [0.29, 0.717) is 30.8 Å². The molecule has 0 spiro atoms. The van der Waals surface area contributed by atoms with Crippen LogP contribution in [-0.4, -0.2) is 28.2 Å². The van der Waals surface area contributed by atoms with E-state index in [1.54, 1.807) is 22.3 Å². The maximum atomic E-state index is 13.0. The lowest BCUT2D eigenvalue weighted by Gasteiger charge is -2.14. The lowest BCUT2D eigenvalue weighted by atomic mass is 10.0. The van der Waals surface area contributed by atoms with Gasteiger partial charge in [0, 0.05) is 35.1 Å². The monoisotopic (exact) mass is 415 g/mol. The summed E-state index contributed by atoms with van der Waals surface area (Å²) in [7, 11) is 0. The van der Waals surface area contributed by atoms with Crippen LogP contribution in [0.1, 0.15) is 36.7 Å². The van der Waals surface area contributed by atoms with Gasteiger partial charge in [-0.1, -0.05) is 36.4 Å². The second-order valence-corrected chi connectivity index (χ2v) is 8.48. The Kier molecular flexibility index (Phi) is 4.85. The number of carbonyl (C=O) groups is 2. The number of hydrogen-bond donors (Lipinski definition) is 2. The van der Waals surface area contributed by atoms with Gasteiger partial charge in [0.1, 0.15) is 0 Å². The molecule has 1 aliphatic heterocycles. The average Bonchev–Trinajstić information content (AvgIpc) is 3.49. The SMILES string of the molecule is O=C(NCCc1c[nH]c2ccccc12)c1cccc2c1C(=O)N(Cc1cccs1)C2. The van der Waals surface area contributed by atoms with Gasteiger partial charge in [0.2, 0.25) is 0 Å². The summed E-state index contributed by atoms with van der Waals surface area (Å²) in [6.07, 6.45) is 2.71. The highest BCUT2D eigenvalue weighted by molar-refractivity contribution is 7.09. The molecule has 0 saturated heterocycles. The van der Waals surface area contributed by atoms with Crippen molar-refractivity contribution in [3.63, 3.8) is 0 Å². The van der Waals surface area contributed by atoms with E-state index < -0.39 is 0 Å². The molecule has 3 heterocycles. The molecule has 0 radical (unpaired) electrons. The van der Waals surface area contributed by atoms with E-state index in [1.807, 2.05) is 54.0 Å². The molecule has 2 N–H and O–H groups in total. The van der Waals surface area contributed by atoms with E-state index in [1.165, 1.54) is 10.9 Å². The molecule has 6 heteroatoms. The van der Waals surface area contributed by atoms with Crippen molar-refractivity contribution >= 4 is 34.1 Å². The predicted molar refractivity (Wildman–Crippen MR) is 119 cm³/mol. The topological polar surface area (TPSA) is 65.2 Å². The number of benzene rings is 2. The Hall–Kier alpha value is -3.38. The van der Waals surface area contributed by atoms with E-state index in [0.717, 1.165) is 22.4 Å². The number of aromatic nitrogens is 1. The fourth-order valence-corrected chi connectivity index (χ4v) is 4.79. The average molecular weight is 416 g/mol. The van der Waals surface area contributed by atoms with Crippen molar-refractivity contribution in [1.29, 1.82) is 0 Å². The molecule has 2 amide bonds. The van der Waals surface area contributed by atoms with Gasteiger partial charge in [-0.2, -0.15) is 0 Å². The molecule has 150 valence electrons. The molecule has 30 heavy (non-hydrogen) atoms. The van der Waals surface area contributed by atoms with Gasteiger partial charge >= 0.3 is 0 Å². The lowest BCUT2D eigenvalue weighted by Crippen LogP contribution is -2.28. The Bertz CT molecular complexity index is 1230. The van der Waals surface area contributed by atoms with Crippen molar-refractivity contribution in [3.05, 3.63) is 93.3 Å². The van der Waals surface area contributed by atoms with Crippen molar-refractivity contribution in [2.75, 3.05) is 6.54 Å². The third-order valence-corrected chi connectivity index (χ3v) is 6.40. The highest BCUT2D eigenvalue weighted by Crippen LogP contribution is 2.28. The smallest absolute Gasteiger partial charge is 0.255 e. The van der Waals surface area contributed by atoms with Gasteiger partial charge in [0.15, 0.2) is 0 Å². The summed E-state index contributed by atoms with van der Waals surface area (Å²) in [5, 5.41) is 6.17. The standard InChI is InChI=1S/C24H21N3O2S/c28-23(25-11-10-16-13-26-21-9-2-1-7-19(16)21)20-8-3-5-17-14-27(24(29)22(17)20)15-18-6-4-12-30-18/h1-9,12-13,26H,10-11,14-15H2,(H,25,28). The van der Waals surface area contributed by atoms with E-state index in [4.69, 9.17) is 0 Å². The predicted octanol–water partition coefficient (Wildman–Crippen LogP) is 4.36. The fraction of sp³-hybridized carbons (Fsp3) is 0.167. The lowest BCUT2D eigenvalue weighted by molar-refractivity contribution is 0.0763. The third-order valence-electron chi connectivity index (χ3n) is 5.54. The minimum Gasteiger partial charge on any atom is -0.361 e. The second kappa shape index (κ2) is 7.80. The van der Waals surface area contributed by atoms with Gasteiger partial charge in [-0.25, -0.2) is 0 Å². The van der Waals surface area contributed by atoms with Crippen molar-refractivity contribution in [2.45, 2.75) is 19.5 Å². The molecule has 4 aromatic rings. The Morgan fingerprint density at radius 3 is 2.87 bits per heavy atom. The van der Waals surface area contributed by atoms with Crippen LogP contribution in [0.3, 0.4) is 0 Å². The molecule has 2 aromatic carbocycles. The molecule has 0 unspecified atom stereocenters. The zero-order valence-corrected chi connectivity index (χ0v) is 17.2. The van der Waals surface area contributed by atoms with Crippen LogP contribution in [0.5, 0.6) is 0 Å². The van der Waals surface area contributed by atoms with Crippen LogP contribution >= 0.6 is 11.3 Å². The normalized spacial score (nSPS) is 13.1. The molecule has 5 nitrogen and oxygen atoms in total. The molecule has 0 atom stereocenters. The van der Waals surface area contributed by atoms with E-state index >= 15 is 0 Å². The van der Waals surface area contributed by atoms with Crippen molar-refractivity contribution < 1.29 is 9.59 Å². The first-order valence-electron chi connectivity index (χ1n) is 9.97. The highest BCUT2D eigenvalue weighted by atomic mass is 32.1. The van der Waals surface area contributed by atoms with Crippen LogP contribution in [0.15, 0.2) is 66.2 Å². The number of hydrogen-bond acceptors (Lipinski definition) is 3. The van der Waals surface area contributed by atoms with Crippen LogP contribution < -0.4 is 5.32 Å². The summed E-state index contributed by atoms with van der Waals surface area (Å²) in [5.41, 5.74) is 4.18. The molecular weight excluding hydrogens is 394 g/mol. The van der Waals surface area contributed by atoms with Crippen LogP contribution in [-0.2, 0) is 19.5 Å². The van der Waals surface area contributed by atoms with Crippen LogP contribution in [0.25, 0.3) is 10.9 Å². The van der Waals surface area contributed by atoms with Crippen molar-refractivity contribution in [1.82, 2.24) is 15.2 Å². The Balaban J connectivity index is 1.28. The molecule has 5 rings (SSSR count). The number of para-hydroxylation sites is 1. The van der Waals surface area contributed by atoms with Gasteiger partial charge in [0.25, 0.3) is 11.8 Å². The number of H-pyrrole nitrogens is 1. The first-order valence-corrected chi connectivity index (χ1v) is 10.9. The van der Waals surface area contributed by atoms with Gasteiger partial charge in [-0.05, 0) is 41.1 Å². The van der Waals surface area contributed by atoms with Gasteiger partial charge in [-0.3, -0.25) is 9.59 Å². The summed E-state index contributed by atoms with van der Waals surface area (Å²) in [5.74, 6) is -0.265. The second-order valence-electron chi connectivity index (χ2n) is 7.45. The molecule has 0 aliphatic carbocycles. The van der Waals surface area contributed by atoms with Crippen LogP contribution in [0, 0.1) is 0 Å². The van der Waals surface area contributed by atoms with Crippen molar-refractivity contribution in [2.24, 2.45) is 0 Å². The number of thiophene rings is 1. The Morgan fingerprint density at radius 1 is 1.10 bits per heavy atom. The van der Waals surface area contributed by atoms with Gasteiger partial charge in [0.05, 0.1) is 17.7 Å². The zero-order valence-electron chi connectivity index (χ0n) is 16.4. The fourth-order valence-electron chi connectivity index (χ4n) is 4.07. The van der Waals surface area contributed by atoms with E-state index in [-0.39, 0.29) is 11.8 Å². The summed E-state index contributed by atoms with van der Waals surface area (Å²) >= 11 is 1.64. The minimum absolute atomic E-state index is 0.0687. The van der Waals surface area contributed by atoms with Crippen LogP contribution in [0.2, 0.25) is 0 Å². The largest absolute Gasteiger partial charge is 0.361 e. The summed E-state index contributed by atoms with van der Waals surface area (Å²) in [6, 6.07) is 17.7. The first kappa shape index (κ1) is 18.6. The number of rotatable bonds is 6. The molecule has 0 saturated carbocycles. The molecular formula is C24H21N3O2S. The number of amides is 2. The molecule has 2 aromatic heterocycles. The van der Waals surface area contributed by atoms with Crippen LogP contribution in [0.4, 0.5) is 0 Å². The van der Waals surface area contributed by atoms with E-state index in [9.17, 15) is 9.59 Å². The summed E-state index contributed by atoms with van der Waals surface area (Å²) in [4.78, 5) is 32.1. The molecule has 1 aliphatic rings. The number of fused-ring (bicyclic) bond motifs is 2. The highest BCUT2D eigenvalue weighted by Gasteiger charge is 2.31. The number of aromatic amines is 1. The number of carbonyl (C=O) groups excluding carboxylic acids is 2. The minimum atomic E-state index is -0.196. The first-order chi connectivity index (χ1) is 14.7. The quantitative estimate of drug-likeness (QED) is 0.491. The van der Waals surface area contributed by atoms with Crippen molar-refractivity contribution in [3.8, 4) is 0 Å².